The zero-order valence-electron chi connectivity index (χ0n) is 16.4. The van der Waals surface area contributed by atoms with Gasteiger partial charge in [-0.25, -0.2) is 0 Å². The third kappa shape index (κ3) is 5.75. The fraction of sp³-hybridized carbons (Fsp3) is 0.154. The van der Waals surface area contributed by atoms with E-state index in [4.69, 9.17) is 11.6 Å². The number of benzene rings is 2. The highest BCUT2D eigenvalue weighted by Crippen LogP contribution is 2.39. The maximum atomic E-state index is 9.58. The smallest absolute Gasteiger partial charge is 0.115 e. The van der Waals surface area contributed by atoms with Crippen LogP contribution in [0, 0.1) is 0 Å². The van der Waals surface area contributed by atoms with Crippen LogP contribution in [0.15, 0.2) is 102 Å². The van der Waals surface area contributed by atoms with Crippen molar-refractivity contribution in [2.75, 3.05) is 5.88 Å². The monoisotopic (exact) mass is 404 g/mol. The molecule has 0 radical (unpaired) electrons. The fourth-order valence-corrected chi connectivity index (χ4v) is 3.13. The van der Waals surface area contributed by atoms with Crippen molar-refractivity contribution in [1.29, 1.82) is 0 Å². The van der Waals surface area contributed by atoms with Gasteiger partial charge in [0.1, 0.15) is 11.5 Å². The van der Waals surface area contributed by atoms with Gasteiger partial charge in [0, 0.05) is 5.88 Å². The highest BCUT2D eigenvalue weighted by molar-refractivity contribution is 6.18. The summed E-state index contributed by atoms with van der Waals surface area (Å²) in [6.07, 6.45) is 4.93. The number of hydrogen-bond donors (Lipinski definition) is 2. The molecule has 0 heterocycles. The van der Waals surface area contributed by atoms with Crippen molar-refractivity contribution < 1.29 is 10.2 Å². The van der Waals surface area contributed by atoms with Crippen molar-refractivity contribution >= 4 is 17.2 Å². The Hall–Kier alpha value is -2.97. The second-order valence-electron chi connectivity index (χ2n) is 7.27. The molecule has 4 rings (SSSR count). The van der Waals surface area contributed by atoms with E-state index in [2.05, 4.69) is 25.8 Å². The van der Waals surface area contributed by atoms with Crippen molar-refractivity contribution in [3.05, 3.63) is 113 Å². The first-order chi connectivity index (χ1) is 13.9. The molecule has 0 aromatic heterocycles. The molecule has 2 aliphatic carbocycles. The minimum absolute atomic E-state index is 0.233. The van der Waals surface area contributed by atoms with Gasteiger partial charge in [-0.15, -0.1) is 11.6 Å². The molecular weight excluding hydrogens is 380 g/mol. The molecular formula is C26H25ClO2. The minimum atomic E-state index is 0.233. The quantitative estimate of drug-likeness (QED) is 0.531. The Labute approximate surface area is 177 Å². The van der Waals surface area contributed by atoms with E-state index in [1.807, 2.05) is 24.3 Å². The van der Waals surface area contributed by atoms with Crippen LogP contribution in [0.25, 0.3) is 5.57 Å². The molecule has 2 N–H and O–H groups in total. The normalized spacial score (nSPS) is 15.6. The predicted molar refractivity (Wildman–Crippen MR) is 122 cm³/mol. The van der Waals surface area contributed by atoms with E-state index in [1.165, 1.54) is 16.7 Å². The molecule has 0 atom stereocenters. The van der Waals surface area contributed by atoms with Gasteiger partial charge >= 0.3 is 0 Å². The number of hydrogen-bond acceptors (Lipinski definition) is 2. The van der Waals surface area contributed by atoms with Gasteiger partial charge in [-0.2, -0.15) is 0 Å². The summed E-state index contributed by atoms with van der Waals surface area (Å²) in [7, 11) is 0. The molecule has 0 bridgehead atoms. The average molecular weight is 405 g/mol. The number of halogens is 1. The van der Waals surface area contributed by atoms with Crippen molar-refractivity contribution in [1.82, 2.24) is 0 Å². The third-order valence-corrected chi connectivity index (χ3v) is 5.07. The molecule has 2 aromatic carbocycles. The highest BCUT2D eigenvalue weighted by Gasteiger charge is 2.20. The Bertz CT molecular complexity index is 946. The van der Waals surface area contributed by atoms with Crippen LogP contribution in [0.1, 0.15) is 30.4 Å². The van der Waals surface area contributed by atoms with Gasteiger partial charge in [0.15, 0.2) is 0 Å². The lowest BCUT2D eigenvalue weighted by molar-refractivity contribution is 0.475. The minimum Gasteiger partial charge on any atom is -0.508 e. The standard InChI is InChI=1S/C21H19ClO2.C5H6/c1-14-12-18(14)13-17(10-11-22)21(15-2-6-19(23)7-3-15)16-4-8-20(24)9-5-16;1-4-3-5(4)2/h2-9,13,23-24H,1,10-12H2;1-3H2/b18-13+;. The van der Waals surface area contributed by atoms with Gasteiger partial charge in [0.05, 0.1) is 0 Å². The summed E-state index contributed by atoms with van der Waals surface area (Å²) < 4.78 is 0. The van der Waals surface area contributed by atoms with Gasteiger partial charge in [0.25, 0.3) is 0 Å². The van der Waals surface area contributed by atoms with E-state index >= 15 is 0 Å². The van der Waals surface area contributed by atoms with Crippen LogP contribution in [0.3, 0.4) is 0 Å². The second-order valence-corrected chi connectivity index (χ2v) is 7.64. The van der Waals surface area contributed by atoms with Crippen LogP contribution < -0.4 is 0 Å². The molecule has 0 saturated heterocycles. The topological polar surface area (TPSA) is 40.5 Å². The SMILES string of the molecule is C=C1C/C1=C\C(CCCl)=C(c1ccc(O)cc1)c1ccc(O)cc1.C=C1CC1=C. The Balaban J connectivity index is 0.000000419. The summed E-state index contributed by atoms with van der Waals surface area (Å²) in [5, 5.41) is 19.2. The summed E-state index contributed by atoms with van der Waals surface area (Å²) in [5.74, 6) is 0.985. The summed E-state index contributed by atoms with van der Waals surface area (Å²) in [6.45, 7) is 11.3. The second kappa shape index (κ2) is 9.02. The highest BCUT2D eigenvalue weighted by atomic mass is 35.5. The molecule has 0 aliphatic heterocycles. The van der Waals surface area contributed by atoms with Crippen LogP contribution in [0.4, 0.5) is 0 Å². The lowest BCUT2D eigenvalue weighted by atomic mass is 9.91. The average Bonchev–Trinajstić information content (AvgIpc) is 3.58. The van der Waals surface area contributed by atoms with E-state index in [0.29, 0.717) is 5.88 Å². The fourth-order valence-electron chi connectivity index (χ4n) is 2.93. The Morgan fingerprint density at radius 2 is 1.21 bits per heavy atom. The van der Waals surface area contributed by atoms with Gasteiger partial charge in [-0.1, -0.05) is 50.1 Å². The maximum absolute atomic E-state index is 9.58. The van der Waals surface area contributed by atoms with Crippen molar-refractivity contribution in [2.45, 2.75) is 19.3 Å². The van der Waals surface area contributed by atoms with E-state index < -0.39 is 0 Å². The Morgan fingerprint density at radius 3 is 1.52 bits per heavy atom. The number of aromatic hydroxyl groups is 2. The first-order valence-electron chi connectivity index (χ1n) is 9.51. The van der Waals surface area contributed by atoms with E-state index in [1.54, 1.807) is 24.3 Å². The van der Waals surface area contributed by atoms with Crippen LogP contribution in [-0.4, -0.2) is 16.1 Å². The van der Waals surface area contributed by atoms with Gasteiger partial charge in [0.2, 0.25) is 0 Å². The lowest BCUT2D eigenvalue weighted by Crippen LogP contribution is -1.95. The van der Waals surface area contributed by atoms with Gasteiger partial charge < -0.3 is 10.2 Å². The van der Waals surface area contributed by atoms with E-state index in [-0.39, 0.29) is 11.5 Å². The molecule has 2 nitrogen and oxygen atoms in total. The molecule has 3 heteroatoms. The van der Waals surface area contributed by atoms with Crippen molar-refractivity contribution in [3.8, 4) is 11.5 Å². The molecule has 2 aliphatic rings. The largest absolute Gasteiger partial charge is 0.508 e. The summed E-state index contributed by atoms with van der Waals surface area (Å²) in [6, 6.07) is 14.3. The zero-order valence-corrected chi connectivity index (χ0v) is 17.2. The molecule has 2 fully saturated rings. The van der Waals surface area contributed by atoms with E-state index in [9.17, 15) is 10.2 Å². The first-order valence-corrected chi connectivity index (χ1v) is 10.0. The molecule has 0 spiro atoms. The Kier molecular flexibility index (Phi) is 6.46. The number of phenolic OH excluding ortho intramolecular Hbond substituents is 2. The Morgan fingerprint density at radius 1 is 0.793 bits per heavy atom. The van der Waals surface area contributed by atoms with Crippen LogP contribution >= 0.6 is 11.6 Å². The zero-order chi connectivity index (χ0) is 21.0. The molecule has 2 aromatic rings. The summed E-state index contributed by atoms with van der Waals surface area (Å²) in [4.78, 5) is 0. The van der Waals surface area contributed by atoms with Crippen molar-refractivity contribution in [3.63, 3.8) is 0 Å². The van der Waals surface area contributed by atoms with Crippen LogP contribution in [0.2, 0.25) is 0 Å². The molecule has 0 amide bonds. The molecule has 29 heavy (non-hydrogen) atoms. The number of rotatable bonds is 5. The van der Waals surface area contributed by atoms with Crippen LogP contribution in [-0.2, 0) is 0 Å². The first kappa shape index (κ1) is 20.8. The third-order valence-electron chi connectivity index (χ3n) is 4.88. The lowest BCUT2D eigenvalue weighted by Gasteiger charge is -2.14. The molecule has 148 valence electrons. The maximum Gasteiger partial charge on any atom is 0.115 e. The van der Waals surface area contributed by atoms with Crippen molar-refractivity contribution in [2.24, 2.45) is 0 Å². The summed E-state index contributed by atoms with van der Waals surface area (Å²) in [5.41, 5.74) is 9.07. The predicted octanol–water partition coefficient (Wildman–Crippen LogP) is 6.92. The number of allylic oxidation sites excluding steroid dienone is 6. The molecule has 2 saturated carbocycles. The van der Waals surface area contributed by atoms with Gasteiger partial charge in [-0.05, 0) is 88.1 Å². The van der Waals surface area contributed by atoms with E-state index in [0.717, 1.165) is 47.1 Å². The summed E-state index contributed by atoms with van der Waals surface area (Å²) >= 11 is 6.04. The number of phenols is 2. The molecule has 0 unspecified atom stereocenters. The van der Waals surface area contributed by atoms with Gasteiger partial charge in [-0.3, -0.25) is 0 Å². The van der Waals surface area contributed by atoms with Crippen LogP contribution in [0.5, 0.6) is 11.5 Å². The number of alkyl halides is 1.